The number of aromatic nitrogens is 1. The van der Waals surface area contributed by atoms with Gasteiger partial charge in [-0.25, -0.2) is 9.18 Å². The summed E-state index contributed by atoms with van der Waals surface area (Å²) in [4.78, 5) is 37.1. The van der Waals surface area contributed by atoms with E-state index in [2.05, 4.69) is 15.6 Å². The molecule has 0 atom stereocenters. The summed E-state index contributed by atoms with van der Waals surface area (Å²) < 4.78 is 19.4. The quantitative estimate of drug-likeness (QED) is 0.390. The van der Waals surface area contributed by atoms with Crippen LogP contribution in [-0.4, -0.2) is 21.8 Å². The zero-order valence-corrected chi connectivity index (χ0v) is 15.9. The standard InChI is InChI=1S/C20H16FN5O5/c21-16-6-3-13(26(29)30)9-17(16)25-20(28)24-11-12-1-4-14(5-2-12)31-15-7-8-23-18(10-15)19(22)27/h1-10H,11H2,(H2,22,27)(H2,24,25,28). The minimum atomic E-state index is -0.794. The van der Waals surface area contributed by atoms with Crippen LogP contribution in [-0.2, 0) is 6.54 Å². The third-order valence-electron chi connectivity index (χ3n) is 4.00. The number of hydrogen-bond donors (Lipinski definition) is 3. The minimum Gasteiger partial charge on any atom is -0.457 e. The molecule has 0 fully saturated rings. The van der Waals surface area contributed by atoms with Gasteiger partial charge in [-0.2, -0.15) is 0 Å². The van der Waals surface area contributed by atoms with E-state index in [1.165, 1.54) is 12.3 Å². The van der Waals surface area contributed by atoms with Gasteiger partial charge >= 0.3 is 6.03 Å². The first-order valence-corrected chi connectivity index (χ1v) is 8.83. The number of nitrogens with one attached hydrogen (secondary N) is 2. The van der Waals surface area contributed by atoms with Gasteiger partial charge in [0.1, 0.15) is 23.0 Å². The lowest BCUT2D eigenvalue weighted by Gasteiger charge is -2.10. The van der Waals surface area contributed by atoms with Crippen molar-refractivity contribution in [1.29, 1.82) is 0 Å². The maximum Gasteiger partial charge on any atom is 0.319 e. The number of anilines is 1. The number of urea groups is 1. The van der Waals surface area contributed by atoms with E-state index in [0.717, 1.165) is 23.8 Å². The van der Waals surface area contributed by atoms with E-state index in [-0.39, 0.29) is 23.6 Å². The number of primary amides is 1. The lowest BCUT2D eigenvalue weighted by Crippen LogP contribution is -2.28. The normalized spacial score (nSPS) is 10.2. The molecule has 0 aliphatic carbocycles. The predicted molar refractivity (Wildman–Crippen MR) is 108 cm³/mol. The Bertz CT molecular complexity index is 1140. The SMILES string of the molecule is NC(=O)c1cc(Oc2ccc(CNC(=O)Nc3cc([N+](=O)[O-])ccc3F)cc2)ccn1. The molecule has 0 saturated carbocycles. The predicted octanol–water partition coefficient (Wildman–Crippen LogP) is 3.34. The molecule has 4 N–H and O–H groups in total. The van der Waals surface area contributed by atoms with Crippen molar-refractivity contribution in [1.82, 2.24) is 10.3 Å². The minimum absolute atomic E-state index is 0.0736. The molecule has 158 valence electrons. The highest BCUT2D eigenvalue weighted by Crippen LogP contribution is 2.23. The topological polar surface area (TPSA) is 149 Å². The smallest absolute Gasteiger partial charge is 0.319 e. The summed E-state index contributed by atoms with van der Waals surface area (Å²) in [6.07, 6.45) is 1.40. The Morgan fingerprint density at radius 2 is 1.84 bits per heavy atom. The Labute approximate surface area is 175 Å². The summed E-state index contributed by atoms with van der Waals surface area (Å²) in [5.41, 5.74) is 5.33. The van der Waals surface area contributed by atoms with Gasteiger partial charge in [-0.1, -0.05) is 12.1 Å². The Balaban J connectivity index is 1.56. The number of carbonyl (C=O) groups is 2. The number of rotatable bonds is 7. The first-order chi connectivity index (χ1) is 14.8. The highest BCUT2D eigenvalue weighted by atomic mass is 19.1. The van der Waals surface area contributed by atoms with E-state index in [0.29, 0.717) is 11.5 Å². The fourth-order valence-corrected chi connectivity index (χ4v) is 2.49. The van der Waals surface area contributed by atoms with Crippen molar-refractivity contribution in [2.75, 3.05) is 5.32 Å². The van der Waals surface area contributed by atoms with Crippen LogP contribution in [0.25, 0.3) is 0 Å². The molecule has 0 aliphatic heterocycles. The molecule has 1 aromatic heterocycles. The van der Waals surface area contributed by atoms with Gasteiger partial charge < -0.3 is 21.1 Å². The molecular formula is C20H16FN5O5. The molecule has 3 amide bonds. The molecule has 31 heavy (non-hydrogen) atoms. The number of nitro groups is 1. The van der Waals surface area contributed by atoms with E-state index in [1.807, 2.05) is 0 Å². The number of nitro benzene ring substituents is 1. The maximum atomic E-state index is 13.7. The lowest BCUT2D eigenvalue weighted by atomic mass is 10.2. The van der Waals surface area contributed by atoms with Crippen LogP contribution in [0.5, 0.6) is 11.5 Å². The molecule has 3 aromatic rings. The van der Waals surface area contributed by atoms with E-state index in [1.54, 1.807) is 30.3 Å². The summed E-state index contributed by atoms with van der Waals surface area (Å²) in [6.45, 7) is 0.115. The number of nitrogens with two attached hydrogens (primary N) is 1. The average molecular weight is 425 g/mol. The van der Waals surface area contributed by atoms with Crippen LogP contribution < -0.4 is 21.1 Å². The van der Waals surface area contributed by atoms with Gasteiger partial charge in [-0.05, 0) is 29.8 Å². The van der Waals surface area contributed by atoms with Crippen LogP contribution in [0.4, 0.5) is 20.6 Å². The summed E-state index contributed by atoms with van der Waals surface area (Å²) >= 11 is 0. The molecule has 0 radical (unpaired) electrons. The largest absolute Gasteiger partial charge is 0.457 e. The third kappa shape index (κ3) is 5.73. The van der Waals surface area contributed by atoms with Crippen LogP contribution in [0.1, 0.15) is 16.1 Å². The number of halogens is 1. The second-order valence-corrected chi connectivity index (χ2v) is 6.22. The fourth-order valence-electron chi connectivity index (χ4n) is 2.49. The molecule has 0 saturated heterocycles. The number of pyridine rings is 1. The van der Waals surface area contributed by atoms with Crippen molar-refractivity contribution in [3.8, 4) is 11.5 Å². The van der Waals surface area contributed by atoms with Gasteiger partial charge in [0.25, 0.3) is 11.6 Å². The number of benzene rings is 2. The molecule has 0 spiro atoms. The molecule has 0 bridgehead atoms. The second kappa shape index (κ2) is 9.31. The van der Waals surface area contributed by atoms with Gasteiger partial charge in [0, 0.05) is 30.9 Å². The number of carbonyl (C=O) groups excluding carboxylic acids is 2. The van der Waals surface area contributed by atoms with E-state index in [9.17, 15) is 24.1 Å². The molecule has 2 aromatic carbocycles. The number of nitrogens with zero attached hydrogens (tertiary/aromatic N) is 2. The molecule has 1 heterocycles. The number of amides is 3. The van der Waals surface area contributed by atoms with Crippen molar-refractivity contribution >= 4 is 23.3 Å². The highest BCUT2D eigenvalue weighted by molar-refractivity contribution is 5.91. The van der Waals surface area contributed by atoms with Crippen LogP contribution in [0.15, 0.2) is 60.8 Å². The Hall–Kier alpha value is -4.54. The van der Waals surface area contributed by atoms with E-state index in [4.69, 9.17) is 10.5 Å². The summed E-state index contributed by atoms with van der Waals surface area (Å²) in [5, 5.41) is 15.5. The number of non-ortho nitro benzene ring substituents is 1. The Morgan fingerprint density at radius 1 is 1.10 bits per heavy atom. The third-order valence-corrected chi connectivity index (χ3v) is 4.00. The van der Waals surface area contributed by atoms with Crippen molar-refractivity contribution in [3.63, 3.8) is 0 Å². The van der Waals surface area contributed by atoms with Gasteiger partial charge in [-0.3, -0.25) is 19.9 Å². The first kappa shape index (κ1) is 21.2. The first-order valence-electron chi connectivity index (χ1n) is 8.83. The maximum absolute atomic E-state index is 13.7. The van der Waals surface area contributed by atoms with Gasteiger partial charge in [0.15, 0.2) is 0 Å². The van der Waals surface area contributed by atoms with Crippen molar-refractivity contribution in [2.24, 2.45) is 5.73 Å². The molecule has 11 heteroatoms. The van der Waals surface area contributed by atoms with Crippen molar-refractivity contribution in [2.45, 2.75) is 6.54 Å². The molecule has 0 aliphatic rings. The number of ether oxygens (including phenoxy) is 1. The van der Waals surface area contributed by atoms with Gasteiger partial charge in [0.05, 0.1) is 10.6 Å². The zero-order valence-electron chi connectivity index (χ0n) is 15.9. The van der Waals surface area contributed by atoms with Gasteiger partial charge in [0.2, 0.25) is 0 Å². The monoisotopic (exact) mass is 425 g/mol. The summed E-state index contributed by atoms with van der Waals surface area (Å²) in [7, 11) is 0. The van der Waals surface area contributed by atoms with Crippen LogP contribution in [0, 0.1) is 15.9 Å². The fraction of sp³-hybridized carbons (Fsp3) is 0.0500. The van der Waals surface area contributed by atoms with Crippen molar-refractivity contribution in [3.05, 3.63) is 88.0 Å². The van der Waals surface area contributed by atoms with E-state index < -0.39 is 22.7 Å². The van der Waals surface area contributed by atoms with Crippen LogP contribution >= 0.6 is 0 Å². The second-order valence-electron chi connectivity index (χ2n) is 6.22. The zero-order chi connectivity index (χ0) is 22.4. The van der Waals surface area contributed by atoms with Crippen LogP contribution in [0.3, 0.4) is 0 Å². The van der Waals surface area contributed by atoms with Crippen molar-refractivity contribution < 1.29 is 23.6 Å². The molecule has 10 nitrogen and oxygen atoms in total. The molecular weight excluding hydrogens is 409 g/mol. The van der Waals surface area contributed by atoms with Crippen LogP contribution in [0.2, 0.25) is 0 Å². The molecule has 3 rings (SSSR count). The summed E-state index contributed by atoms with van der Waals surface area (Å²) in [6, 6.07) is 11.8. The van der Waals surface area contributed by atoms with E-state index >= 15 is 0 Å². The average Bonchev–Trinajstić information content (AvgIpc) is 2.75. The Kier molecular flexibility index (Phi) is 6.36. The summed E-state index contributed by atoms with van der Waals surface area (Å²) in [5.74, 6) is -0.602. The highest BCUT2D eigenvalue weighted by Gasteiger charge is 2.13. The number of hydrogen-bond acceptors (Lipinski definition) is 6. The van der Waals surface area contributed by atoms with Gasteiger partial charge in [-0.15, -0.1) is 0 Å². The Morgan fingerprint density at radius 3 is 2.52 bits per heavy atom. The molecule has 0 unspecified atom stereocenters. The lowest BCUT2D eigenvalue weighted by molar-refractivity contribution is -0.384.